The van der Waals surface area contributed by atoms with E-state index in [4.69, 9.17) is 0 Å². The van der Waals surface area contributed by atoms with Crippen LogP contribution in [0.5, 0.6) is 0 Å². The third-order valence-corrected chi connectivity index (χ3v) is 5.69. The third kappa shape index (κ3) is 4.48. The van der Waals surface area contributed by atoms with Crippen molar-refractivity contribution in [3.63, 3.8) is 0 Å². The van der Waals surface area contributed by atoms with Gasteiger partial charge in [-0.25, -0.2) is 0 Å². The number of carbonyl (C=O) groups is 2. The van der Waals surface area contributed by atoms with Crippen molar-refractivity contribution in [1.82, 2.24) is 9.80 Å². The molecule has 0 unspecified atom stereocenters. The van der Waals surface area contributed by atoms with Crippen molar-refractivity contribution in [2.45, 2.75) is 26.7 Å². The van der Waals surface area contributed by atoms with E-state index in [-0.39, 0.29) is 11.8 Å². The molecule has 1 fully saturated rings. The van der Waals surface area contributed by atoms with Crippen LogP contribution in [0.2, 0.25) is 0 Å². The minimum atomic E-state index is 0.147. The molecule has 4 nitrogen and oxygen atoms in total. The van der Waals surface area contributed by atoms with Crippen LogP contribution in [0.25, 0.3) is 0 Å². The lowest BCUT2D eigenvalue weighted by molar-refractivity contribution is -0.138. The number of hydrogen-bond donors (Lipinski definition) is 0. The summed E-state index contributed by atoms with van der Waals surface area (Å²) in [5, 5.41) is 1.99. The second kappa shape index (κ2) is 7.83. The van der Waals surface area contributed by atoms with Gasteiger partial charge >= 0.3 is 0 Å². The molecular formula is C20H24N2O2S. The number of thiophene rings is 1. The van der Waals surface area contributed by atoms with Gasteiger partial charge in [-0.3, -0.25) is 9.59 Å². The number of amides is 2. The van der Waals surface area contributed by atoms with Gasteiger partial charge in [0.05, 0.1) is 12.8 Å². The highest BCUT2D eigenvalue weighted by Gasteiger charge is 2.24. The lowest BCUT2D eigenvalue weighted by Gasteiger charge is -2.35. The Hall–Kier alpha value is -2.14. The van der Waals surface area contributed by atoms with Crippen LogP contribution in [-0.2, 0) is 22.4 Å². The Morgan fingerprint density at radius 2 is 1.56 bits per heavy atom. The highest BCUT2D eigenvalue weighted by molar-refractivity contribution is 7.10. The molecule has 1 aromatic carbocycles. The van der Waals surface area contributed by atoms with Gasteiger partial charge in [-0.15, -0.1) is 11.3 Å². The molecule has 25 heavy (non-hydrogen) atoms. The average molecular weight is 356 g/mol. The van der Waals surface area contributed by atoms with Gasteiger partial charge in [0, 0.05) is 31.1 Å². The number of rotatable bonds is 4. The smallest absolute Gasteiger partial charge is 0.227 e. The van der Waals surface area contributed by atoms with Gasteiger partial charge in [0.25, 0.3) is 0 Å². The normalized spacial score (nSPS) is 14.6. The molecule has 0 N–H and O–H groups in total. The lowest BCUT2D eigenvalue weighted by atomic mass is 10.0. The predicted octanol–water partition coefficient (Wildman–Crippen LogP) is 2.82. The van der Waals surface area contributed by atoms with Gasteiger partial charge in [0.15, 0.2) is 0 Å². The maximum absolute atomic E-state index is 12.5. The Balaban J connectivity index is 1.50. The molecule has 0 aliphatic carbocycles. The fraction of sp³-hybridized carbons (Fsp3) is 0.400. The Bertz CT molecular complexity index is 747. The summed E-state index contributed by atoms with van der Waals surface area (Å²) in [6.07, 6.45) is 0.901. The third-order valence-electron chi connectivity index (χ3n) is 4.82. The topological polar surface area (TPSA) is 40.6 Å². The largest absolute Gasteiger partial charge is 0.339 e. The molecule has 2 aromatic rings. The van der Waals surface area contributed by atoms with Crippen molar-refractivity contribution in [3.05, 3.63) is 57.3 Å². The molecule has 2 amide bonds. The maximum atomic E-state index is 12.5. The molecule has 0 saturated carbocycles. The van der Waals surface area contributed by atoms with Crippen LogP contribution in [0.4, 0.5) is 0 Å². The quantitative estimate of drug-likeness (QED) is 0.845. The molecule has 0 spiro atoms. The van der Waals surface area contributed by atoms with Crippen molar-refractivity contribution >= 4 is 23.2 Å². The van der Waals surface area contributed by atoms with E-state index in [0.29, 0.717) is 39.0 Å². The molecule has 1 aliphatic rings. The number of nitrogens with zero attached hydrogens (tertiary/aromatic N) is 2. The SMILES string of the molecule is Cc1ccc(CC(=O)N2CCN(C(=O)Cc3cccs3)CC2)cc1C. The van der Waals surface area contributed by atoms with Gasteiger partial charge in [-0.05, 0) is 42.0 Å². The second-order valence-electron chi connectivity index (χ2n) is 6.61. The van der Waals surface area contributed by atoms with Crippen LogP contribution in [0.1, 0.15) is 21.6 Å². The van der Waals surface area contributed by atoms with Gasteiger partial charge in [0.2, 0.25) is 11.8 Å². The molecule has 3 rings (SSSR count). The highest BCUT2D eigenvalue weighted by atomic mass is 32.1. The van der Waals surface area contributed by atoms with Crippen molar-refractivity contribution < 1.29 is 9.59 Å². The summed E-state index contributed by atoms with van der Waals surface area (Å²) in [6.45, 7) is 6.65. The lowest BCUT2D eigenvalue weighted by Crippen LogP contribution is -2.51. The minimum Gasteiger partial charge on any atom is -0.339 e. The monoisotopic (exact) mass is 356 g/mol. The summed E-state index contributed by atoms with van der Waals surface area (Å²) in [5.74, 6) is 0.303. The summed E-state index contributed by atoms with van der Waals surface area (Å²) in [7, 11) is 0. The fourth-order valence-electron chi connectivity index (χ4n) is 3.08. The van der Waals surface area contributed by atoms with E-state index >= 15 is 0 Å². The van der Waals surface area contributed by atoms with Crippen LogP contribution in [0.3, 0.4) is 0 Å². The van der Waals surface area contributed by atoms with E-state index in [1.807, 2.05) is 33.4 Å². The predicted molar refractivity (Wildman–Crippen MR) is 101 cm³/mol. The first-order chi connectivity index (χ1) is 12.0. The number of hydrogen-bond acceptors (Lipinski definition) is 3. The van der Waals surface area contributed by atoms with Crippen molar-refractivity contribution in [3.8, 4) is 0 Å². The summed E-state index contributed by atoms with van der Waals surface area (Å²) >= 11 is 1.61. The molecule has 0 atom stereocenters. The molecule has 1 aromatic heterocycles. The zero-order chi connectivity index (χ0) is 17.8. The Morgan fingerprint density at radius 3 is 2.12 bits per heavy atom. The van der Waals surface area contributed by atoms with Crippen LogP contribution in [0.15, 0.2) is 35.7 Å². The maximum Gasteiger partial charge on any atom is 0.227 e. The van der Waals surface area contributed by atoms with Gasteiger partial charge in [-0.2, -0.15) is 0 Å². The molecule has 5 heteroatoms. The van der Waals surface area contributed by atoms with Crippen molar-refractivity contribution in [2.75, 3.05) is 26.2 Å². The van der Waals surface area contributed by atoms with Gasteiger partial charge in [0.1, 0.15) is 0 Å². The standard InChI is InChI=1S/C20H24N2O2S/c1-15-5-6-17(12-16(15)2)13-19(23)21-7-9-22(10-8-21)20(24)14-18-4-3-11-25-18/h3-6,11-12H,7-10,13-14H2,1-2H3. The molecule has 132 valence electrons. The van der Waals surface area contributed by atoms with E-state index in [2.05, 4.69) is 26.0 Å². The van der Waals surface area contributed by atoms with Crippen LogP contribution >= 0.6 is 11.3 Å². The minimum absolute atomic E-state index is 0.147. The van der Waals surface area contributed by atoms with Gasteiger partial charge in [-0.1, -0.05) is 24.3 Å². The number of carbonyl (C=O) groups excluding carboxylic acids is 2. The first-order valence-corrected chi connectivity index (χ1v) is 9.55. The molecule has 1 aliphatic heterocycles. The van der Waals surface area contributed by atoms with Crippen molar-refractivity contribution in [2.24, 2.45) is 0 Å². The first-order valence-electron chi connectivity index (χ1n) is 8.67. The molecular weight excluding hydrogens is 332 g/mol. The number of benzene rings is 1. The Kier molecular flexibility index (Phi) is 5.53. The number of piperazine rings is 1. The summed E-state index contributed by atoms with van der Waals surface area (Å²) < 4.78 is 0. The zero-order valence-electron chi connectivity index (χ0n) is 14.8. The van der Waals surface area contributed by atoms with E-state index in [1.54, 1.807) is 11.3 Å². The zero-order valence-corrected chi connectivity index (χ0v) is 15.6. The fourth-order valence-corrected chi connectivity index (χ4v) is 3.78. The summed E-state index contributed by atoms with van der Waals surface area (Å²) in [5.41, 5.74) is 3.52. The highest BCUT2D eigenvalue weighted by Crippen LogP contribution is 2.14. The molecule has 0 bridgehead atoms. The van der Waals surface area contributed by atoms with E-state index in [0.717, 1.165) is 10.4 Å². The van der Waals surface area contributed by atoms with E-state index in [9.17, 15) is 9.59 Å². The Labute approximate surface area is 153 Å². The van der Waals surface area contributed by atoms with E-state index < -0.39 is 0 Å². The Morgan fingerprint density at radius 1 is 0.920 bits per heavy atom. The van der Waals surface area contributed by atoms with Gasteiger partial charge < -0.3 is 9.80 Å². The second-order valence-corrected chi connectivity index (χ2v) is 7.65. The average Bonchev–Trinajstić information content (AvgIpc) is 3.11. The molecule has 0 radical (unpaired) electrons. The summed E-state index contributed by atoms with van der Waals surface area (Å²) in [6, 6.07) is 10.1. The number of aryl methyl sites for hydroxylation is 2. The molecule has 2 heterocycles. The van der Waals surface area contributed by atoms with Crippen LogP contribution < -0.4 is 0 Å². The molecule has 1 saturated heterocycles. The van der Waals surface area contributed by atoms with Crippen molar-refractivity contribution in [1.29, 1.82) is 0 Å². The van der Waals surface area contributed by atoms with Crippen LogP contribution in [0, 0.1) is 13.8 Å². The van der Waals surface area contributed by atoms with E-state index in [1.165, 1.54) is 11.1 Å². The summed E-state index contributed by atoms with van der Waals surface area (Å²) in [4.78, 5) is 29.7. The van der Waals surface area contributed by atoms with Crippen LogP contribution in [-0.4, -0.2) is 47.8 Å². The first kappa shape index (κ1) is 17.7.